The van der Waals surface area contributed by atoms with E-state index in [0.717, 1.165) is 56.7 Å². The van der Waals surface area contributed by atoms with E-state index >= 15 is 0 Å². The third-order valence-corrected chi connectivity index (χ3v) is 6.73. The van der Waals surface area contributed by atoms with E-state index in [1.807, 2.05) is 12.1 Å². The van der Waals surface area contributed by atoms with Crippen molar-refractivity contribution in [2.24, 2.45) is 0 Å². The van der Waals surface area contributed by atoms with E-state index < -0.39 is 0 Å². The van der Waals surface area contributed by atoms with Crippen LogP contribution in [0, 0.1) is 22.7 Å². The number of benzene rings is 1. The van der Waals surface area contributed by atoms with Crippen molar-refractivity contribution in [2.75, 3.05) is 35.2 Å². The molecule has 2 aromatic heterocycles. The lowest BCUT2D eigenvalue weighted by molar-refractivity contribution is -0.122. The molecule has 0 spiro atoms. The SMILES string of the molecule is C[C@H]1CNCCN1c1cc(C#N)cc(Nc2nc(NC3CC3)n3ncc(C#N)c3n2)c1C1CC1.O=CO. The van der Waals surface area contributed by atoms with Gasteiger partial charge in [0.1, 0.15) is 11.6 Å². The Balaban J connectivity index is 0.000000892. The predicted molar refractivity (Wildman–Crippen MR) is 137 cm³/mol. The van der Waals surface area contributed by atoms with Gasteiger partial charge in [0.05, 0.1) is 17.8 Å². The fraction of sp³-hybridized carbons (Fsp3) is 0.440. The zero-order chi connectivity index (χ0) is 25.9. The van der Waals surface area contributed by atoms with E-state index in [9.17, 15) is 10.5 Å². The largest absolute Gasteiger partial charge is 0.483 e. The molecule has 12 nitrogen and oxygen atoms in total. The van der Waals surface area contributed by atoms with E-state index in [0.29, 0.717) is 46.7 Å². The minimum atomic E-state index is -0.250. The first-order valence-corrected chi connectivity index (χ1v) is 12.4. The molecule has 3 heterocycles. The number of hydrogen-bond acceptors (Lipinski definition) is 10. The zero-order valence-corrected chi connectivity index (χ0v) is 20.5. The highest BCUT2D eigenvalue weighted by molar-refractivity contribution is 5.75. The van der Waals surface area contributed by atoms with Gasteiger partial charge in [0.15, 0.2) is 5.65 Å². The Hall–Kier alpha value is -4.42. The van der Waals surface area contributed by atoms with Crippen LogP contribution in [-0.2, 0) is 4.79 Å². The fourth-order valence-electron chi connectivity index (χ4n) is 4.68. The standard InChI is InChI=1S/C24H26N10.CH2O2/c1-14-12-27-6-7-33(14)20-9-15(10-25)8-19(21(20)16-2-3-16)30-23-31-22-17(11-26)13-28-34(22)24(32-23)29-18-4-5-18;2-1-3/h8-9,13-14,16,18,27H,2-7,12H2,1H3,(H2,29,30,31,32);1H,(H,2,3)/t14-;/m0./s1. The monoisotopic (exact) mass is 500 g/mol. The maximum Gasteiger partial charge on any atom is 0.290 e. The predicted octanol–water partition coefficient (Wildman–Crippen LogP) is 2.56. The van der Waals surface area contributed by atoms with Crippen molar-refractivity contribution in [3.05, 3.63) is 35.0 Å². The van der Waals surface area contributed by atoms with Crippen molar-refractivity contribution in [2.45, 2.75) is 50.6 Å². The Bertz CT molecular complexity index is 1400. The number of nitrogens with zero attached hydrogens (tertiary/aromatic N) is 7. The first kappa shape index (κ1) is 24.3. The molecule has 2 saturated carbocycles. The van der Waals surface area contributed by atoms with Crippen LogP contribution in [0.3, 0.4) is 0 Å². The lowest BCUT2D eigenvalue weighted by Crippen LogP contribution is -2.50. The molecule has 1 saturated heterocycles. The summed E-state index contributed by atoms with van der Waals surface area (Å²) < 4.78 is 1.59. The molecular formula is C25H28N10O2. The summed E-state index contributed by atoms with van der Waals surface area (Å²) in [4.78, 5) is 20.1. The number of carbonyl (C=O) groups is 1. The Morgan fingerprint density at radius 1 is 1.19 bits per heavy atom. The first-order valence-electron chi connectivity index (χ1n) is 12.4. The molecule has 1 atom stereocenters. The number of piperazine rings is 1. The van der Waals surface area contributed by atoms with E-state index in [1.165, 1.54) is 11.8 Å². The van der Waals surface area contributed by atoms with Gasteiger partial charge in [-0.05, 0) is 50.7 Å². The molecule has 2 aliphatic carbocycles. The van der Waals surface area contributed by atoms with Gasteiger partial charge in [-0.15, -0.1) is 0 Å². The van der Waals surface area contributed by atoms with Crippen LogP contribution in [0.1, 0.15) is 55.2 Å². The molecule has 1 aliphatic heterocycles. The number of rotatable bonds is 6. The first-order chi connectivity index (χ1) is 18.1. The van der Waals surface area contributed by atoms with Gasteiger partial charge in [0, 0.05) is 48.7 Å². The Morgan fingerprint density at radius 2 is 1.97 bits per heavy atom. The molecule has 190 valence electrons. The molecule has 0 radical (unpaired) electrons. The van der Waals surface area contributed by atoms with Gasteiger partial charge in [0.25, 0.3) is 6.47 Å². The summed E-state index contributed by atoms with van der Waals surface area (Å²) in [7, 11) is 0. The van der Waals surface area contributed by atoms with Gasteiger partial charge in [-0.2, -0.15) is 30.1 Å². The van der Waals surface area contributed by atoms with Crippen LogP contribution < -0.4 is 20.9 Å². The second-order valence-electron chi connectivity index (χ2n) is 9.51. The average Bonchev–Trinajstić information content (AvgIpc) is 3.83. The van der Waals surface area contributed by atoms with Gasteiger partial charge >= 0.3 is 0 Å². The second-order valence-corrected chi connectivity index (χ2v) is 9.51. The number of carboxylic acid groups (broad SMARTS) is 1. The van der Waals surface area contributed by atoms with Gasteiger partial charge in [-0.25, -0.2) is 0 Å². The van der Waals surface area contributed by atoms with Gasteiger partial charge < -0.3 is 26.0 Å². The average molecular weight is 501 g/mol. The molecular weight excluding hydrogens is 472 g/mol. The number of nitrogens with one attached hydrogen (secondary N) is 3. The van der Waals surface area contributed by atoms with E-state index in [1.54, 1.807) is 4.52 Å². The van der Waals surface area contributed by atoms with Crippen LogP contribution in [0.4, 0.5) is 23.3 Å². The quantitative estimate of drug-likeness (QED) is 0.367. The van der Waals surface area contributed by atoms with Gasteiger partial charge in [-0.3, -0.25) is 4.79 Å². The third-order valence-electron chi connectivity index (χ3n) is 6.73. The maximum atomic E-state index is 9.80. The molecule has 0 amide bonds. The second kappa shape index (κ2) is 10.3. The van der Waals surface area contributed by atoms with Crippen LogP contribution in [0.5, 0.6) is 0 Å². The number of fused-ring (bicyclic) bond motifs is 1. The molecule has 0 bridgehead atoms. The lowest BCUT2D eigenvalue weighted by atomic mass is 9.99. The third kappa shape index (κ3) is 5.10. The molecule has 1 aromatic carbocycles. The van der Waals surface area contributed by atoms with E-state index in [2.05, 4.69) is 50.0 Å². The highest BCUT2D eigenvalue weighted by atomic mass is 16.3. The van der Waals surface area contributed by atoms with Crippen molar-refractivity contribution in [1.82, 2.24) is 24.9 Å². The smallest absolute Gasteiger partial charge is 0.290 e. The van der Waals surface area contributed by atoms with Crippen molar-refractivity contribution in [1.29, 1.82) is 10.5 Å². The number of anilines is 4. The molecule has 6 rings (SSSR count). The van der Waals surface area contributed by atoms with Crippen LogP contribution in [-0.4, -0.2) is 62.9 Å². The fourth-order valence-corrected chi connectivity index (χ4v) is 4.68. The highest BCUT2D eigenvalue weighted by Gasteiger charge is 2.33. The minimum Gasteiger partial charge on any atom is -0.483 e. The maximum absolute atomic E-state index is 9.80. The van der Waals surface area contributed by atoms with Crippen molar-refractivity contribution in [3.8, 4) is 12.1 Å². The highest BCUT2D eigenvalue weighted by Crippen LogP contribution is 2.49. The van der Waals surface area contributed by atoms with Crippen LogP contribution in [0.15, 0.2) is 18.3 Å². The molecule has 12 heteroatoms. The molecule has 3 aliphatic rings. The Morgan fingerprint density at radius 3 is 2.62 bits per heavy atom. The molecule has 3 aromatic rings. The van der Waals surface area contributed by atoms with Crippen molar-refractivity contribution < 1.29 is 9.90 Å². The summed E-state index contributed by atoms with van der Waals surface area (Å²) in [5.41, 5.74) is 4.67. The summed E-state index contributed by atoms with van der Waals surface area (Å²) in [5.74, 6) is 1.41. The molecule has 4 N–H and O–H groups in total. The van der Waals surface area contributed by atoms with E-state index in [4.69, 9.17) is 14.9 Å². The minimum absolute atomic E-state index is 0.250. The number of nitriles is 2. The summed E-state index contributed by atoms with van der Waals surface area (Å²) in [6.45, 7) is 4.69. The van der Waals surface area contributed by atoms with Crippen LogP contribution in [0.2, 0.25) is 0 Å². The van der Waals surface area contributed by atoms with Gasteiger partial charge in [-0.1, -0.05) is 0 Å². The summed E-state index contributed by atoms with van der Waals surface area (Å²) >= 11 is 0. The normalized spacial score (nSPS) is 18.8. The van der Waals surface area contributed by atoms with Crippen LogP contribution in [0.25, 0.3) is 5.65 Å². The molecule has 37 heavy (non-hydrogen) atoms. The lowest BCUT2D eigenvalue weighted by Gasteiger charge is -2.37. The number of hydrogen-bond donors (Lipinski definition) is 4. The Kier molecular flexibility index (Phi) is 6.75. The van der Waals surface area contributed by atoms with Crippen molar-refractivity contribution >= 4 is 35.4 Å². The topological polar surface area (TPSA) is 167 Å². The van der Waals surface area contributed by atoms with Gasteiger partial charge in [0.2, 0.25) is 11.9 Å². The molecule has 3 fully saturated rings. The van der Waals surface area contributed by atoms with Crippen molar-refractivity contribution in [3.63, 3.8) is 0 Å². The van der Waals surface area contributed by atoms with E-state index in [-0.39, 0.29) is 6.47 Å². The Labute approximate surface area is 213 Å². The summed E-state index contributed by atoms with van der Waals surface area (Å²) in [6, 6.07) is 9.12. The zero-order valence-electron chi connectivity index (χ0n) is 20.5. The summed E-state index contributed by atoms with van der Waals surface area (Å²) in [5, 5.41) is 40.8. The van der Waals surface area contributed by atoms with Crippen LogP contribution >= 0.6 is 0 Å². The number of aromatic nitrogens is 4. The summed E-state index contributed by atoms with van der Waals surface area (Å²) in [6.07, 6.45) is 5.95. The molecule has 0 unspecified atom stereocenters.